The molecule has 0 amide bonds. The number of aromatic nitrogens is 1. The quantitative estimate of drug-likeness (QED) is 0.786. The average Bonchev–Trinajstić information content (AvgIpc) is 2.87. The summed E-state index contributed by atoms with van der Waals surface area (Å²) in [4.78, 5) is 9.62. The molecule has 0 radical (unpaired) electrons. The minimum absolute atomic E-state index is 0.0375. The number of halogens is 1. The number of anilines is 1. The minimum Gasteiger partial charge on any atom is -0.367 e. The van der Waals surface area contributed by atoms with Crippen molar-refractivity contribution in [1.29, 1.82) is 0 Å². The van der Waals surface area contributed by atoms with Gasteiger partial charge in [0.1, 0.15) is 0 Å². The Kier molecular flexibility index (Phi) is 4.48. The molecule has 2 aromatic rings. The van der Waals surface area contributed by atoms with E-state index < -0.39 is 0 Å². The monoisotopic (exact) mass is 369 g/mol. The van der Waals surface area contributed by atoms with Crippen molar-refractivity contribution in [3.63, 3.8) is 0 Å². The summed E-state index contributed by atoms with van der Waals surface area (Å²) in [7, 11) is 2.23. The molecule has 1 saturated heterocycles. The van der Waals surface area contributed by atoms with Crippen molar-refractivity contribution in [2.75, 3.05) is 31.6 Å². The largest absolute Gasteiger partial charge is 0.367 e. The van der Waals surface area contributed by atoms with E-state index in [1.54, 1.807) is 0 Å². The molecule has 0 aliphatic carbocycles. The standard InChI is InChI=1S/C22H28ClN3/c1-15-5-6-16(12-24-15)22(2,3)14-26-20-8-7-17(23)11-18(20)19-13-25(4)10-9-21(19)26/h5-8,11-12,19,21H,9-10,13-14H2,1-4H3. The van der Waals surface area contributed by atoms with Crippen molar-refractivity contribution < 1.29 is 0 Å². The first-order valence-electron chi connectivity index (χ1n) is 9.53. The SMILES string of the molecule is Cc1ccc(C(C)(C)CN2c3ccc(Cl)cc3C3CN(C)CCC32)cn1. The number of likely N-dealkylation sites (N-methyl/N-ethyl adjacent to an activating group) is 1. The fraction of sp³-hybridized carbons (Fsp3) is 0.500. The maximum atomic E-state index is 6.34. The summed E-state index contributed by atoms with van der Waals surface area (Å²) in [6.45, 7) is 9.97. The van der Waals surface area contributed by atoms with Gasteiger partial charge in [0.15, 0.2) is 0 Å². The summed E-state index contributed by atoms with van der Waals surface area (Å²) >= 11 is 6.34. The van der Waals surface area contributed by atoms with Crippen LogP contribution >= 0.6 is 11.6 Å². The summed E-state index contributed by atoms with van der Waals surface area (Å²) < 4.78 is 0. The lowest BCUT2D eigenvalue weighted by atomic mass is 9.84. The van der Waals surface area contributed by atoms with Crippen LogP contribution in [0.3, 0.4) is 0 Å². The molecule has 0 saturated carbocycles. The number of hydrogen-bond donors (Lipinski definition) is 0. The highest BCUT2D eigenvalue weighted by atomic mass is 35.5. The molecule has 0 spiro atoms. The van der Waals surface area contributed by atoms with Gasteiger partial charge in [-0.25, -0.2) is 0 Å². The molecule has 4 heteroatoms. The van der Waals surface area contributed by atoms with E-state index in [1.807, 2.05) is 19.2 Å². The van der Waals surface area contributed by atoms with Crippen molar-refractivity contribution in [3.8, 4) is 0 Å². The second-order valence-corrected chi connectivity index (χ2v) is 9.06. The van der Waals surface area contributed by atoms with Crippen molar-refractivity contribution in [1.82, 2.24) is 9.88 Å². The second kappa shape index (κ2) is 6.54. The number of benzene rings is 1. The van der Waals surface area contributed by atoms with Crippen LogP contribution in [0.5, 0.6) is 0 Å². The van der Waals surface area contributed by atoms with Crippen LogP contribution in [0.1, 0.15) is 43.0 Å². The summed E-state index contributed by atoms with van der Waals surface area (Å²) in [6, 6.07) is 11.4. The molecule has 26 heavy (non-hydrogen) atoms. The third-order valence-corrected chi connectivity index (χ3v) is 6.37. The molecule has 2 unspecified atom stereocenters. The van der Waals surface area contributed by atoms with Gasteiger partial charge in [0.2, 0.25) is 0 Å². The molecular weight excluding hydrogens is 342 g/mol. The third-order valence-electron chi connectivity index (χ3n) is 6.14. The van der Waals surface area contributed by atoms with E-state index in [0.29, 0.717) is 12.0 Å². The predicted molar refractivity (Wildman–Crippen MR) is 109 cm³/mol. The Labute approximate surface area is 162 Å². The molecule has 1 aromatic carbocycles. The summed E-state index contributed by atoms with van der Waals surface area (Å²) in [6.07, 6.45) is 3.25. The minimum atomic E-state index is 0.0375. The van der Waals surface area contributed by atoms with Crippen LogP contribution in [0.15, 0.2) is 36.5 Å². The van der Waals surface area contributed by atoms with Gasteiger partial charge in [-0.1, -0.05) is 31.5 Å². The highest BCUT2D eigenvalue weighted by Crippen LogP contribution is 2.46. The molecule has 0 bridgehead atoms. The smallest absolute Gasteiger partial charge is 0.0410 e. The number of piperidine rings is 1. The van der Waals surface area contributed by atoms with E-state index in [2.05, 4.69) is 59.9 Å². The van der Waals surface area contributed by atoms with E-state index in [-0.39, 0.29) is 5.41 Å². The van der Waals surface area contributed by atoms with E-state index in [1.165, 1.54) is 23.2 Å². The van der Waals surface area contributed by atoms with Crippen LogP contribution in [0, 0.1) is 6.92 Å². The molecule has 2 aliphatic heterocycles. The van der Waals surface area contributed by atoms with Gasteiger partial charge >= 0.3 is 0 Å². The number of likely N-dealkylation sites (tertiary alicyclic amines) is 1. The van der Waals surface area contributed by atoms with Gasteiger partial charge in [-0.15, -0.1) is 0 Å². The van der Waals surface area contributed by atoms with Gasteiger partial charge in [-0.05, 0) is 62.3 Å². The number of hydrogen-bond acceptors (Lipinski definition) is 3. The molecule has 1 aromatic heterocycles. The summed E-state index contributed by atoms with van der Waals surface area (Å²) in [5.74, 6) is 0.550. The fourth-order valence-electron chi connectivity index (χ4n) is 4.63. The lowest BCUT2D eigenvalue weighted by molar-refractivity contribution is 0.228. The Balaban J connectivity index is 1.68. The van der Waals surface area contributed by atoms with Gasteiger partial charge in [0.05, 0.1) is 0 Å². The van der Waals surface area contributed by atoms with E-state index in [4.69, 9.17) is 11.6 Å². The Bertz CT molecular complexity index is 800. The molecule has 0 N–H and O–H groups in total. The first-order chi connectivity index (χ1) is 12.3. The van der Waals surface area contributed by atoms with E-state index >= 15 is 0 Å². The van der Waals surface area contributed by atoms with Gasteiger partial charge in [0, 0.05) is 53.1 Å². The van der Waals surface area contributed by atoms with E-state index in [0.717, 1.165) is 30.4 Å². The zero-order chi connectivity index (χ0) is 18.5. The number of nitrogens with zero attached hydrogens (tertiary/aromatic N) is 3. The topological polar surface area (TPSA) is 19.4 Å². The van der Waals surface area contributed by atoms with Crippen LogP contribution in [-0.2, 0) is 5.41 Å². The zero-order valence-electron chi connectivity index (χ0n) is 16.2. The van der Waals surface area contributed by atoms with Crippen LogP contribution in [0.2, 0.25) is 5.02 Å². The molecular formula is C22H28ClN3. The maximum absolute atomic E-state index is 6.34. The molecule has 2 atom stereocenters. The highest BCUT2D eigenvalue weighted by molar-refractivity contribution is 6.30. The lowest BCUT2D eigenvalue weighted by Gasteiger charge is -2.41. The van der Waals surface area contributed by atoms with Crippen LogP contribution in [0.4, 0.5) is 5.69 Å². The fourth-order valence-corrected chi connectivity index (χ4v) is 4.81. The summed E-state index contributed by atoms with van der Waals surface area (Å²) in [5.41, 5.74) is 5.20. The Morgan fingerprint density at radius 3 is 2.77 bits per heavy atom. The third kappa shape index (κ3) is 3.12. The van der Waals surface area contributed by atoms with E-state index in [9.17, 15) is 0 Å². The number of pyridine rings is 1. The molecule has 1 fully saturated rings. The summed E-state index contributed by atoms with van der Waals surface area (Å²) in [5, 5.41) is 0.847. The van der Waals surface area contributed by atoms with Crippen LogP contribution in [-0.4, -0.2) is 42.6 Å². The number of rotatable bonds is 3. The lowest BCUT2D eigenvalue weighted by Crippen LogP contribution is -2.48. The highest BCUT2D eigenvalue weighted by Gasteiger charge is 2.43. The Hall–Kier alpha value is -1.58. The normalized spacial score (nSPS) is 23.0. The average molecular weight is 370 g/mol. The number of aryl methyl sites for hydroxylation is 1. The predicted octanol–water partition coefficient (Wildman–Crippen LogP) is 4.63. The zero-order valence-corrected chi connectivity index (χ0v) is 16.9. The van der Waals surface area contributed by atoms with Crippen molar-refractivity contribution in [3.05, 3.63) is 58.4 Å². The number of fused-ring (bicyclic) bond motifs is 3. The second-order valence-electron chi connectivity index (χ2n) is 8.63. The van der Waals surface area contributed by atoms with Gasteiger partial charge in [-0.2, -0.15) is 0 Å². The Morgan fingerprint density at radius 2 is 2.04 bits per heavy atom. The van der Waals surface area contributed by atoms with Crippen LogP contribution in [0.25, 0.3) is 0 Å². The first kappa shape index (κ1) is 17.8. The maximum Gasteiger partial charge on any atom is 0.0410 e. The van der Waals surface area contributed by atoms with Crippen LogP contribution < -0.4 is 4.90 Å². The van der Waals surface area contributed by atoms with Gasteiger partial charge in [0.25, 0.3) is 0 Å². The molecule has 4 rings (SSSR count). The molecule has 3 nitrogen and oxygen atoms in total. The molecule has 138 valence electrons. The van der Waals surface area contributed by atoms with Crippen molar-refractivity contribution in [2.45, 2.75) is 44.6 Å². The van der Waals surface area contributed by atoms with Gasteiger partial charge < -0.3 is 9.80 Å². The van der Waals surface area contributed by atoms with Gasteiger partial charge in [-0.3, -0.25) is 4.98 Å². The first-order valence-corrected chi connectivity index (χ1v) is 9.91. The Morgan fingerprint density at radius 1 is 1.23 bits per heavy atom. The van der Waals surface area contributed by atoms with Crippen molar-refractivity contribution in [2.24, 2.45) is 0 Å². The molecule has 3 heterocycles. The van der Waals surface area contributed by atoms with Crippen molar-refractivity contribution >= 4 is 17.3 Å². The molecule has 2 aliphatic rings.